The van der Waals surface area contributed by atoms with Crippen molar-refractivity contribution in [2.75, 3.05) is 0 Å². The highest BCUT2D eigenvalue weighted by molar-refractivity contribution is 5.90. The topological polar surface area (TPSA) is 66.4 Å². The molecule has 0 aliphatic heterocycles. The van der Waals surface area contributed by atoms with Crippen LogP contribution in [-0.2, 0) is 16.1 Å². The van der Waals surface area contributed by atoms with Crippen molar-refractivity contribution >= 4 is 12.3 Å². The zero-order valence-corrected chi connectivity index (χ0v) is 10.8. The molecule has 2 N–H and O–H groups in total. The Morgan fingerprint density at radius 1 is 1.05 bits per heavy atom. The number of hydrogen-bond donors (Lipinski definition) is 2. The number of carbonyl (C=O) groups is 2. The van der Waals surface area contributed by atoms with Crippen LogP contribution >= 0.6 is 0 Å². The summed E-state index contributed by atoms with van der Waals surface area (Å²) in [5.74, 6) is -1.17. The lowest BCUT2D eigenvalue weighted by molar-refractivity contribution is -0.141. The molecule has 0 spiro atoms. The molecule has 0 heterocycles. The van der Waals surface area contributed by atoms with Crippen LogP contribution in [0.1, 0.15) is 5.56 Å². The van der Waals surface area contributed by atoms with E-state index in [0.29, 0.717) is 12.8 Å². The smallest absolute Gasteiger partial charge is 0.328 e. The minimum Gasteiger partial charge on any atom is -0.480 e. The lowest BCUT2D eigenvalue weighted by atomic mass is 10.0. The summed E-state index contributed by atoms with van der Waals surface area (Å²) in [4.78, 5) is 21.3. The molecule has 4 nitrogen and oxygen atoms in total. The van der Waals surface area contributed by atoms with Crippen molar-refractivity contribution < 1.29 is 14.7 Å². The van der Waals surface area contributed by atoms with E-state index in [9.17, 15) is 9.59 Å². The van der Waals surface area contributed by atoms with Gasteiger partial charge in [0.1, 0.15) is 6.29 Å². The summed E-state index contributed by atoms with van der Waals surface area (Å²) in [6.45, 7) is 0.338. The molecule has 0 fully saturated rings. The summed E-state index contributed by atoms with van der Waals surface area (Å²) in [5.41, 5.74) is 3.15. The molecule has 0 aromatic heterocycles. The third-order valence-corrected chi connectivity index (χ3v) is 2.99. The first-order valence-electron chi connectivity index (χ1n) is 6.26. The van der Waals surface area contributed by atoms with E-state index in [1.54, 1.807) is 0 Å². The molecule has 2 aromatic rings. The van der Waals surface area contributed by atoms with Crippen LogP contribution in [0.25, 0.3) is 11.1 Å². The van der Waals surface area contributed by atoms with E-state index in [1.165, 1.54) is 0 Å². The van der Waals surface area contributed by atoms with Crippen molar-refractivity contribution in [3.8, 4) is 11.1 Å². The first-order chi connectivity index (χ1) is 9.70. The van der Waals surface area contributed by atoms with E-state index >= 15 is 0 Å². The summed E-state index contributed by atoms with van der Waals surface area (Å²) < 4.78 is 0. The average molecular weight is 269 g/mol. The molecule has 0 saturated carbocycles. The zero-order chi connectivity index (χ0) is 14.4. The van der Waals surface area contributed by atoms with Crippen LogP contribution in [0, 0.1) is 0 Å². The number of rotatable bonds is 6. The van der Waals surface area contributed by atoms with Gasteiger partial charge in [-0.25, -0.2) is 0 Å². The van der Waals surface area contributed by atoms with Crippen LogP contribution in [-0.4, -0.2) is 23.4 Å². The van der Waals surface area contributed by atoms with Gasteiger partial charge in [0.15, 0.2) is 6.04 Å². The van der Waals surface area contributed by atoms with Gasteiger partial charge in [0.2, 0.25) is 0 Å². The Balaban J connectivity index is 2.02. The molecule has 0 radical (unpaired) electrons. The monoisotopic (exact) mass is 269 g/mol. The second-order valence-corrected chi connectivity index (χ2v) is 4.40. The Labute approximate surface area is 117 Å². The van der Waals surface area contributed by atoms with Crippen molar-refractivity contribution in [2.45, 2.75) is 12.6 Å². The highest BCUT2D eigenvalue weighted by atomic mass is 16.4. The van der Waals surface area contributed by atoms with Gasteiger partial charge in [0.05, 0.1) is 0 Å². The predicted octanol–water partition coefficient (Wildman–Crippen LogP) is 2.10. The molecule has 0 aliphatic rings. The van der Waals surface area contributed by atoms with Crippen molar-refractivity contribution in [3.63, 3.8) is 0 Å². The molecule has 0 aliphatic carbocycles. The molecule has 0 amide bonds. The van der Waals surface area contributed by atoms with Crippen molar-refractivity contribution in [2.24, 2.45) is 0 Å². The van der Waals surface area contributed by atoms with E-state index in [2.05, 4.69) is 5.32 Å². The first-order valence-corrected chi connectivity index (χ1v) is 6.26. The number of benzene rings is 2. The van der Waals surface area contributed by atoms with Crippen LogP contribution in [0.15, 0.2) is 54.6 Å². The van der Waals surface area contributed by atoms with Gasteiger partial charge in [0, 0.05) is 6.54 Å². The normalized spacial score (nSPS) is 11.8. The average Bonchev–Trinajstić information content (AvgIpc) is 2.49. The Kier molecular flexibility index (Phi) is 4.63. The Morgan fingerprint density at radius 3 is 2.20 bits per heavy atom. The number of hydrogen-bond acceptors (Lipinski definition) is 3. The minimum absolute atomic E-state index is 0.338. The fourth-order valence-electron chi connectivity index (χ4n) is 1.87. The summed E-state index contributed by atoms with van der Waals surface area (Å²) in [6.07, 6.45) is 0.390. The van der Waals surface area contributed by atoms with Crippen LogP contribution in [0.5, 0.6) is 0 Å². The third kappa shape index (κ3) is 3.52. The first kappa shape index (κ1) is 14.0. The highest BCUT2D eigenvalue weighted by Gasteiger charge is 2.14. The summed E-state index contributed by atoms with van der Waals surface area (Å²) in [7, 11) is 0. The van der Waals surface area contributed by atoms with Gasteiger partial charge in [-0.1, -0.05) is 54.6 Å². The van der Waals surface area contributed by atoms with Gasteiger partial charge in [-0.2, -0.15) is 0 Å². The molecule has 0 bridgehead atoms. The number of carboxylic acid groups (broad SMARTS) is 1. The number of nitrogens with one attached hydrogen (secondary N) is 1. The van der Waals surface area contributed by atoms with Gasteiger partial charge in [-0.05, 0) is 16.7 Å². The maximum atomic E-state index is 10.7. The van der Waals surface area contributed by atoms with Gasteiger partial charge >= 0.3 is 5.97 Å². The van der Waals surface area contributed by atoms with Gasteiger partial charge < -0.3 is 9.90 Å². The summed E-state index contributed by atoms with van der Waals surface area (Å²) >= 11 is 0. The molecule has 1 atom stereocenters. The molecular formula is C16H15NO3. The third-order valence-electron chi connectivity index (χ3n) is 2.99. The van der Waals surface area contributed by atoms with E-state index in [-0.39, 0.29) is 0 Å². The van der Waals surface area contributed by atoms with Crippen molar-refractivity contribution in [1.82, 2.24) is 5.32 Å². The van der Waals surface area contributed by atoms with Crippen LogP contribution in [0.3, 0.4) is 0 Å². The van der Waals surface area contributed by atoms with Crippen LogP contribution < -0.4 is 5.32 Å². The lowest BCUT2D eigenvalue weighted by Gasteiger charge is -2.09. The SMILES string of the molecule is O=CC(NCc1ccc(-c2ccccc2)cc1)C(=O)O. The zero-order valence-electron chi connectivity index (χ0n) is 10.8. The molecule has 102 valence electrons. The predicted molar refractivity (Wildman–Crippen MR) is 76.2 cm³/mol. The maximum Gasteiger partial charge on any atom is 0.328 e. The second kappa shape index (κ2) is 6.63. The molecule has 1 unspecified atom stereocenters. The summed E-state index contributed by atoms with van der Waals surface area (Å²) in [5, 5.41) is 11.4. The van der Waals surface area contributed by atoms with E-state index < -0.39 is 12.0 Å². The van der Waals surface area contributed by atoms with Gasteiger partial charge in [-0.15, -0.1) is 0 Å². The molecule has 0 saturated heterocycles. The standard InChI is InChI=1S/C16H15NO3/c18-11-15(16(19)20)17-10-12-6-8-14(9-7-12)13-4-2-1-3-5-13/h1-9,11,15,17H,10H2,(H,19,20). The number of aliphatic carboxylic acids is 1. The Bertz CT molecular complexity index is 578. The van der Waals surface area contributed by atoms with E-state index in [4.69, 9.17) is 5.11 Å². The summed E-state index contributed by atoms with van der Waals surface area (Å²) in [6, 6.07) is 16.6. The molecule has 20 heavy (non-hydrogen) atoms. The number of aldehydes is 1. The largest absolute Gasteiger partial charge is 0.480 e. The van der Waals surface area contributed by atoms with Gasteiger partial charge in [-0.3, -0.25) is 10.1 Å². The Hall–Kier alpha value is -2.46. The van der Waals surface area contributed by atoms with Crippen LogP contribution in [0.2, 0.25) is 0 Å². The molecule has 2 aromatic carbocycles. The van der Waals surface area contributed by atoms with E-state index in [1.807, 2.05) is 54.6 Å². The highest BCUT2D eigenvalue weighted by Crippen LogP contribution is 2.19. The fourth-order valence-corrected chi connectivity index (χ4v) is 1.87. The molecule has 4 heteroatoms. The second-order valence-electron chi connectivity index (χ2n) is 4.40. The number of carbonyl (C=O) groups excluding carboxylic acids is 1. The number of carboxylic acids is 1. The van der Waals surface area contributed by atoms with Gasteiger partial charge in [0.25, 0.3) is 0 Å². The van der Waals surface area contributed by atoms with Crippen LogP contribution in [0.4, 0.5) is 0 Å². The van der Waals surface area contributed by atoms with Crippen molar-refractivity contribution in [3.05, 3.63) is 60.2 Å². The lowest BCUT2D eigenvalue weighted by Crippen LogP contribution is -2.37. The van der Waals surface area contributed by atoms with E-state index in [0.717, 1.165) is 16.7 Å². The fraction of sp³-hybridized carbons (Fsp3) is 0.125. The Morgan fingerprint density at radius 2 is 1.65 bits per heavy atom. The quantitative estimate of drug-likeness (QED) is 0.622. The molecular weight excluding hydrogens is 254 g/mol. The molecule has 2 rings (SSSR count). The minimum atomic E-state index is -1.17. The van der Waals surface area contributed by atoms with Crippen molar-refractivity contribution in [1.29, 1.82) is 0 Å². The maximum absolute atomic E-state index is 10.7.